The number of ether oxygens (including phenoxy) is 1. The van der Waals surface area contributed by atoms with Crippen molar-refractivity contribution in [2.75, 3.05) is 6.61 Å². The number of carbonyl (C=O) groups excluding carboxylic acids is 1. The van der Waals surface area contributed by atoms with Crippen LogP contribution in [-0.4, -0.2) is 12.5 Å². The second-order valence-corrected chi connectivity index (χ2v) is 5.60. The minimum absolute atomic E-state index is 0.0180. The molecular formula is C17H16ClNO2. The summed E-state index contributed by atoms with van der Waals surface area (Å²) in [7, 11) is 0. The molecule has 0 fully saturated rings. The first-order valence-corrected chi connectivity index (χ1v) is 7.33. The van der Waals surface area contributed by atoms with E-state index in [1.54, 1.807) is 0 Å². The van der Waals surface area contributed by atoms with Gasteiger partial charge in [0.05, 0.1) is 5.92 Å². The zero-order valence-electron chi connectivity index (χ0n) is 11.5. The minimum Gasteiger partial charge on any atom is -0.492 e. The molecule has 3 nitrogen and oxygen atoms in total. The van der Waals surface area contributed by atoms with E-state index < -0.39 is 0 Å². The van der Waals surface area contributed by atoms with Crippen LogP contribution < -0.4 is 10.1 Å². The molecule has 21 heavy (non-hydrogen) atoms. The first kappa shape index (κ1) is 14.0. The highest BCUT2D eigenvalue weighted by Gasteiger charge is 2.25. The molecule has 0 bridgehead atoms. The first-order valence-electron chi connectivity index (χ1n) is 6.95. The summed E-state index contributed by atoms with van der Waals surface area (Å²) in [4.78, 5) is 12.2. The summed E-state index contributed by atoms with van der Waals surface area (Å²) in [6, 6.07) is 15.4. The van der Waals surface area contributed by atoms with Crippen LogP contribution in [0.3, 0.4) is 0 Å². The van der Waals surface area contributed by atoms with Gasteiger partial charge in [0.15, 0.2) is 0 Å². The van der Waals surface area contributed by atoms with Crippen molar-refractivity contribution < 1.29 is 9.53 Å². The van der Waals surface area contributed by atoms with Crippen LogP contribution in [0.15, 0.2) is 48.5 Å². The van der Waals surface area contributed by atoms with E-state index in [-0.39, 0.29) is 11.8 Å². The second-order valence-electron chi connectivity index (χ2n) is 5.17. The van der Waals surface area contributed by atoms with E-state index in [4.69, 9.17) is 16.3 Å². The molecule has 4 heteroatoms. The number of benzene rings is 2. The van der Waals surface area contributed by atoms with E-state index in [2.05, 4.69) is 5.32 Å². The Bertz CT molecular complexity index is 657. The molecule has 0 spiro atoms. The largest absolute Gasteiger partial charge is 0.492 e. The Balaban J connectivity index is 1.59. The van der Waals surface area contributed by atoms with Crippen LogP contribution >= 0.6 is 11.6 Å². The van der Waals surface area contributed by atoms with Gasteiger partial charge in [-0.1, -0.05) is 41.9 Å². The third kappa shape index (κ3) is 3.37. The van der Waals surface area contributed by atoms with Gasteiger partial charge in [-0.3, -0.25) is 4.79 Å². The molecule has 2 aromatic rings. The fraction of sp³-hybridized carbons (Fsp3) is 0.235. The normalized spacial score (nSPS) is 16.7. The monoisotopic (exact) mass is 301 g/mol. The van der Waals surface area contributed by atoms with Crippen molar-refractivity contribution in [1.82, 2.24) is 5.32 Å². The molecule has 0 aromatic heterocycles. The summed E-state index contributed by atoms with van der Waals surface area (Å²) in [6.45, 7) is 0.913. The van der Waals surface area contributed by atoms with Crippen LogP contribution in [0.4, 0.5) is 0 Å². The van der Waals surface area contributed by atoms with E-state index in [9.17, 15) is 4.79 Å². The van der Waals surface area contributed by atoms with Gasteiger partial charge < -0.3 is 10.1 Å². The lowest BCUT2D eigenvalue weighted by Crippen LogP contribution is -2.37. The molecule has 0 aliphatic carbocycles. The Morgan fingerprint density at radius 1 is 1.24 bits per heavy atom. The van der Waals surface area contributed by atoms with Gasteiger partial charge >= 0.3 is 0 Å². The molecule has 0 saturated carbocycles. The SMILES string of the molecule is O=C(NCc1cccc(Cl)c1)[C@H]1COc2ccccc2C1. The fourth-order valence-electron chi connectivity index (χ4n) is 2.48. The summed E-state index contributed by atoms with van der Waals surface area (Å²) in [5.74, 6) is 0.764. The van der Waals surface area contributed by atoms with Crippen molar-refractivity contribution in [1.29, 1.82) is 0 Å². The number of hydrogen-bond acceptors (Lipinski definition) is 2. The number of nitrogens with one attached hydrogen (secondary N) is 1. The summed E-state index contributed by atoms with van der Waals surface area (Å²) in [5.41, 5.74) is 2.08. The standard InChI is InChI=1S/C17H16ClNO2/c18-15-6-3-4-12(8-15)10-19-17(20)14-9-13-5-1-2-7-16(13)21-11-14/h1-8,14H,9-11H2,(H,19,20)/t14-/m1/s1. The lowest BCUT2D eigenvalue weighted by atomic mass is 9.96. The van der Waals surface area contributed by atoms with Crippen LogP contribution in [0.25, 0.3) is 0 Å². The maximum atomic E-state index is 12.2. The molecule has 0 saturated heterocycles. The topological polar surface area (TPSA) is 38.3 Å². The van der Waals surface area contributed by atoms with Gasteiger partial charge in [-0.05, 0) is 35.7 Å². The van der Waals surface area contributed by atoms with Crippen LogP contribution in [0.2, 0.25) is 5.02 Å². The fourth-order valence-corrected chi connectivity index (χ4v) is 2.69. The molecule has 0 unspecified atom stereocenters. The highest BCUT2D eigenvalue weighted by Crippen LogP contribution is 2.26. The maximum Gasteiger partial charge on any atom is 0.227 e. The average molecular weight is 302 g/mol. The summed E-state index contributed by atoms with van der Waals surface area (Å²) in [5, 5.41) is 3.63. The molecule has 2 aromatic carbocycles. The molecule has 1 aliphatic rings. The van der Waals surface area contributed by atoms with Crippen molar-refractivity contribution in [3.8, 4) is 5.75 Å². The molecule has 1 N–H and O–H groups in total. The number of para-hydroxylation sites is 1. The Hall–Kier alpha value is -2.00. The van der Waals surface area contributed by atoms with Gasteiger partial charge in [-0.2, -0.15) is 0 Å². The Labute approximate surface area is 128 Å². The zero-order valence-corrected chi connectivity index (χ0v) is 12.3. The number of halogens is 1. The third-order valence-corrected chi connectivity index (χ3v) is 3.84. The quantitative estimate of drug-likeness (QED) is 0.945. The Morgan fingerprint density at radius 3 is 2.95 bits per heavy atom. The average Bonchev–Trinajstić information content (AvgIpc) is 2.52. The molecule has 1 amide bonds. The molecule has 1 heterocycles. The smallest absolute Gasteiger partial charge is 0.227 e. The van der Waals surface area contributed by atoms with Crippen molar-refractivity contribution in [3.63, 3.8) is 0 Å². The third-order valence-electron chi connectivity index (χ3n) is 3.61. The molecule has 0 radical (unpaired) electrons. The lowest BCUT2D eigenvalue weighted by Gasteiger charge is -2.24. The molecule has 108 valence electrons. The van der Waals surface area contributed by atoms with Crippen LogP contribution in [0, 0.1) is 5.92 Å². The van der Waals surface area contributed by atoms with Crippen LogP contribution in [0.5, 0.6) is 5.75 Å². The van der Waals surface area contributed by atoms with E-state index in [1.165, 1.54) is 0 Å². The van der Waals surface area contributed by atoms with E-state index in [0.29, 0.717) is 18.2 Å². The van der Waals surface area contributed by atoms with E-state index in [1.807, 2.05) is 48.5 Å². The van der Waals surface area contributed by atoms with Crippen molar-refractivity contribution in [2.45, 2.75) is 13.0 Å². The van der Waals surface area contributed by atoms with Crippen molar-refractivity contribution in [2.24, 2.45) is 5.92 Å². The Morgan fingerprint density at radius 2 is 2.10 bits per heavy atom. The number of amides is 1. The highest BCUT2D eigenvalue weighted by molar-refractivity contribution is 6.30. The van der Waals surface area contributed by atoms with Crippen molar-refractivity contribution >= 4 is 17.5 Å². The summed E-state index contributed by atoms with van der Waals surface area (Å²) >= 11 is 5.93. The number of hydrogen-bond donors (Lipinski definition) is 1. The predicted molar refractivity (Wildman–Crippen MR) is 82.4 cm³/mol. The van der Waals surface area contributed by atoms with Gasteiger partial charge in [0.2, 0.25) is 5.91 Å². The van der Waals surface area contributed by atoms with E-state index >= 15 is 0 Å². The van der Waals surface area contributed by atoms with Gasteiger partial charge in [0.25, 0.3) is 0 Å². The highest BCUT2D eigenvalue weighted by atomic mass is 35.5. The van der Waals surface area contributed by atoms with Crippen LogP contribution in [0.1, 0.15) is 11.1 Å². The predicted octanol–water partition coefficient (Wildman–Crippen LogP) is 3.21. The van der Waals surface area contributed by atoms with Gasteiger partial charge in [0.1, 0.15) is 12.4 Å². The van der Waals surface area contributed by atoms with Crippen molar-refractivity contribution in [3.05, 3.63) is 64.7 Å². The molecule has 3 rings (SSSR count). The minimum atomic E-state index is -0.140. The lowest BCUT2D eigenvalue weighted by molar-refractivity contribution is -0.126. The summed E-state index contributed by atoms with van der Waals surface area (Å²) < 4.78 is 5.65. The Kier molecular flexibility index (Phi) is 4.11. The first-order chi connectivity index (χ1) is 10.2. The van der Waals surface area contributed by atoms with E-state index in [0.717, 1.165) is 23.3 Å². The molecule has 1 atom stereocenters. The zero-order chi connectivity index (χ0) is 14.7. The number of fused-ring (bicyclic) bond motifs is 1. The molecular weight excluding hydrogens is 286 g/mol. The number of carbonyl (C=O) groups is 1. The van der Waals surface area contributed by atoms with Gasteiger partial charge in [-0.25, -0.2) is 0 Å². The molecule has 1 aliphatic heterocycles. The van der Waals surface area contributed by atoms with Gasteiger partial charge in [-0.15, -0.1) is 0 Å². The summed E-state index contributed by atoms with van der Waals surface area (Å²) in [6.07, 6.45) is 0.720. The number of rotatable bonds is 3. The van der Waals surface area contributed by atoms with Gasteiger partial charge in [0, 0.05) is 11.6 Å². The maximum absolute atomic E-state index is 12.2. The van der Waals surface area contributed by atoms with Crippen LogP contribution in [-0.2, 0) is 17.8 Å². The second kappa shape index (κ2) is 6.19.